The topological polar surface area (TPSA) is 4.93 Å². The van der Waals surface area contributed by atoms with Gasteiger partial charge in [-0.2, -0.15) is 0 Å². The lowest BCUT2D eigenvalue weighted by molar-refractivity contribution is 0.768. The molecule has 16 aromatic rings. The predicted octanol–water partition coefficient (Wildman–Crippen LogP) is 22.4. The van der Waals surface area contributed by atoms with Gasteiger partial charge >= 0.3 is 0 Å². The van der Waals surface area contributed by atoms with Gasteiger partial charge in [-0.1, -0.05) is 272 Å². The van der Waals surface area contributed by atoms with E-state index in [9.17, 15) is 0 Å². The lowest BCUT2D eigenvalue weighted by atomic mass is 9.67. The molecule has 0 N–H and O–H groups in total. The third-order valence-electron chi connectivity index (χ3n) is 18.5. The highest BCUT2D eigenvalue weighted by molar-refractivity contribution is 6.15. The smallest absolute Gasteiger partial charge is 0.0714 e. The molecule has 1 aromatic heterocycles. The van der Waals surface area contributed by atoms with E-state index in [1.165, 1.54) is 148 Å². The van der Waals surface area contributed by atoms with Crippen molar-refractivity contribution in [1.82, 2.24) is 4.57 Å². The Balaban J connectivity index is 0.854. The minimum atomic E-state index is -0.639. The van der Waals surface area contributed by atoms with Crippen LogP contribution in [0.4, 0.5) is 0 Å². The van der Waals surface area contributed by atoms with E-state index < -0.39 is 5.41 Å². The van der Waals surface area contributed by atoms with Gasteiger partial charge in [0.15, 0.2) is 0 Å². The molecule has 0 saturated carbocycles. The van der Waals surface area contributed by atoms with Crippen LogP contribution < -0.4 is 0 Å². The van der Waals surface area contributed by atoms with E-state index in [1.807, 2.05) is 0 Å². The fourth-order valence-electron chi connectivity index (χ4n) is 14.6. The van der Waals surface area contributed by atoms with Gasteiger partial charge in [-0.3, -0.25) is 0 Å². The van der Waals surface area contributed by atoms with Gasteiger partial charge in [0.2, 0.25) is 0 Å². The maximum atomic E-state index is 2.52. The zero-order valence-corrected chi connectivity index (χ0v) is 47.0. The van der Waals surface area contributed by atoms with Crippen molar-refractivity contribution in [3.8, 4) is 72.4 Å². The van der Waals surface area contributed by atoms with Crippen LogP contribution in [0.1, 0.15) is 27.8 Å². The van der Waals surface area contributed by atoms with Gasteiger partial charge in [-0.15, -0.1) is 0 Å². The molecule has 0 unspecified atom stereocenters. The summed E-state index contributed by atoms with van der Waals surface area (Å²) in [5.41, 5.74) is 23.7. The molecule has 1 aliphatic rings. The molecule has 0 amide bonds. The minimum Gasteiger partial charge on any atom is -0.309 e. The van der Waals surface area contributed by atoms with Crippen molar-refractivity contribution in [1.29, 1.82) is 0 Å². The van der Waals surface area contributed by atoms with Crippen LogP contribution in [0.25, 0.3) is 137 Å². The predicted molar refractivity (Wildman–Crippen MR) is 360 cm³/mol. The number of fused-ring (bicyclic) bond motifs is 11. The third-order valence-corrected chi connectivity index (χ3v) is 18.5. The quantitative estimate of drug-likeness (QED) is 0.134. The molecule has 15 aromatic carbocycles. The average Bonchev–Trinajstić information content (AvgIpc) is 1.76. The zero-order chi connectivity index (χ0) is 56.2. The number of nitrogens with zero attached hydrogens (tertiary/aromatic N) is 1. The highest BCUT2D eigenvalue weighted by Gasteiger charge is 2.46. The van der Waals surface area contributed by atoms with E-state index in [-0.39, 0.29) is 0 Å². The second-order valence-electron chi connectivity index (χ2n) is 23.2. The molecular formula is C84H55N. The van der Waals surface area contributed by atoms with Crippen molar-refractivity contribution >= 4 is 64.9 Å². The van der Waals surface area contributed by atoms with Crippen LogP contribution in [0.2, 0.25) is 0 Å². The van der Waals surface area contributed by atoms with E-state index in [0.29, 0.717) is 0 Å². The third kappa shape index (κ3) is 7.71. The highest BCUT2D eigenvalue weighted by atomic mass is 15.0. The summed E-state index contributed by atoms with van der Waals surface area (Å²) >= 11 is 0. The summed E-state index contributed by atoms with van der Waals surface area (Å²) in [6.07, 6.45) is 0. The van der Waals surface area contributed by atoms with E-state index in [1.54, 1.807) is 0 Å². The fraction of sp³-hybridized carbons (Fsp3) is 0.0238. The van der Waals surface area contributed by atoms with E-state index in [2.05, 4.69) is 327 Å². The van der Waals surface area contributed by atoms with Crippen LogP contribution in [0.15, 0.2) is 315 Å². The molecule has 1 heterocycles. The standard InChI is InChI=1S/C84H55N/c1-54-30-43-72-62(48-54)19-15-29-70(72)59-37-33-56(34-38-59)61-41-47-83-79(50-61)78-49-60(55-31-35-58(36-32-55)69-28-14-18-57-16-8-10-24-68(57)69)40-46-82(78)85(83)67-42-45-76-75-44-39-64(77-51-63-17-9-11-25-71(63)73-26-12-13-27-74(73)77)52-80(75)84(81(76)53-67,65-20-4-2-5-21-65)66-22-6-3-7-23-66/h2-53H,1H3. The first-order valence-electron chi connectivity index (χ1n) is 29.6. The van der Waals surface area contributed by atoms with Crippen LogP contribution in [-0.4, -0.2) is 4.57 Å². The Hall–Kier alpha value is -10.9. The Morgan fingerprint density at radius 3 is 1.33 bits per heavy atom. The van der Waals surface area contributed by atoms with Crippen molar-refractivity contribution in [3.63, 3.8) is 0 Å². The minimum absolute atomic E-state index is 0.639. The maximum absolute atomic E-state index is 2.52. The highest BCUT2D eigenvalue weighted by Crippen LogP contribution is 2.58. The Kier molecular flexibility index (Phi) is 11.1. The fourth-order valence-corrected chi connectivity index (χ4v) is 14.6. The largest absolute Gasteiger partial charge is 0.309 e. The summed E-state index contributed by atoms with van der Waals surface area (Å²) in [5.74, 6) is 0. The lowest BCUT2D eigenvalue weighted by Crippen LogP contribution is -2.28. The first-order valence-corrected chi connectivity index (χ1v) is 29.6. The van der Waals surface area contributed by atoms with Crippen molar-refractivity contribution in [2.75, 3.05) is 0 Å². The molecule has 1 nitrogen and oxygen atoms in total. The summed E-state index contributed by atoms with van der Waals surface area (Å²) < 4.78 is 2.52. The van der Waals surface area contributed by atoms with Crippen LogP contribution in [0.3, 0.4) is 0 Å². The first kappa shape index (κ1) is 48.8. The van der Waals surface area contributed by atoms with Crippen molar-refractivity contribution < 1.29 is 0 Å². The number of benzene rings is 15. The Morgan fingerprint density at radius 1 is 0.235 bits per heavy atom. The SMILES string of the molecule is Cc1ccc2c(-c3ccc(-c4ccc5c(c4)c4cc(-c6ccc(-c7cccc8ccccc78)cc6)ccc4n5-c4ccc5c(c4)C(c4ccccc4)(c4ccccc4)c4cc(-c6cc7ccccc7c7ccccc67)ccc4-5)cc3)cccc2c1. The lowest BCUT2D eigenvalue weighted by Gasteiger charge is -2.34. The van der Waals surface area contributed by atoms with E-state index in [4.69, 9.17) is 0 Å². The number of hydrogen-bond donors (Lipinski definition) is 0. The molecule has 0 saturated heterocycles. The molecule has 0 bridgehead atoms. The van der Waals surface area contributed by atoms with Crippen LogP contribution in [0.5, 0.6) is 0 Å². The summed E-state index contributed by atoms with van der Waals surface area (Å²) in [6.45, 7) is 2.16. The molecule has 0 fully saturated rings. The second kappa shape index (κ2) is 19.4. The Bertz CT molecular complexity index is 5290. The van der Waals surface area contributed by atoms with Gasteiger partial charge in [0.25, 0.3) is 0 Å². The second-order valence-corrected chi connectivity index (χ2v) is 23.2. The van der Waals surface area contributed by atoms with E-state index in [0.717, 1.165) is 16.7 Å². The molecule has 396 valence electrons. The molecule has 85 heavy (non-hydrogen) atoms. The summed E-state index contributed by atoms with van der Waals surface area (Å²) in [7, 11) is 0. The first-order chi connectivity index (χ1) is 42.0. The summed E-state index contributed by atoms with van der Waals surface area (Å²) in [6, 6.07) is 118. The Labute approximate surface area is 494 Å². The van der Waals surface area contributed by atoms with Crippen LogP contribution in [-0.2, 0) is 5.41 Å². The number of hydrogen-bond acceptors (Lipinski definition) is 0. The van der Waals surface area contributed by atoms with Crippen LogP contribution in [0, 0.1) is 6.92 Å². The van der Waals surface area contributed by atoms with Gasteiger partial charge < -0.3 is 4.57 Å². The van der Waals surface area contributed by atoms with Crippen molar-refractivity contribution in [2.45, 2.75) is 12.3 Å². The molecule has 17 rings (SSSR count). The molecular weight excluding hydrogens is 1020 g/mol. The van der Waals surface area contributed by atoms with Gasteiger partial charge in [0, 0.05) is 16.5 Å². The van der Waals surface area contributed by atoms with Gasteiger partial charge in [0.05, 0.1) is 16.4 Å². The monoisotopic (exact) mass is 1080 g/mol. The molecule has 1 heteroatoms. The molecule has 0 spiro atoms. The Morgan fingerprint density at radius 2 is 0.694 bits per heavy atom. The van der Waals surface area contributed by atoms with Crippen molar-refractivity contribution in [2.24, 2.45) is 0 Å². The summed E-state index contributed by atoms with van der Waals surface area (Å²) in [4.78, 5) is 0. The maximum Gasteiger partial charge on any atom is 0.0714 e. The van der Waals surface area contributed by atoms with Crippen LogP contribution >= 0.6 is 0 Å². The number of aromatic nitrogens is 1. The number of aryl methyl sites for hydroxylation is 1. The van der Waals surface area contributed by atoms with Crippen molar-refractivity contribution in [3.05, 3.63) is 343 Å². The zero-order valence-electron chi connectivity index (χ0n) is 47.0. The average molecular weight is 1080 g/mol. The van der Waals surface area contributed by atoms with Gasteiger partial charge in [0.1, 0.15) is 0 Å². The molecule has 0 atom stereocenters. The number of rotatable bonds is 8. The molecule has 0 radical (unpaired) electrons. The van der Waals surface area contributed by atoms with E-state index >= 15 is 0 Å². The molecule has 0 aliphatic heterocycles. The summed E-state index contributed by atoms with van der Waals surface area (Å²) in [5, 5.41) is 12.5. The van der Waals surface area contributed by atoms with Gasteiger partial charge in [-0.05, 0) is 188 Å². The van der Waals surface area contributed by atoms with Gasteiger partial charge in [-0.25, -0.2) is 0 Å². The normalized spacial score (nSPS) is 12.6. The molecule has 1 aliphatic carbocycles.